The van der Waals surface area contributed by atoms with Crippen LogP contribution in [0.1, 0.15) is 16.7 Å². The van der Waals surface area contributed by atoms with E-state index in [1.807, 2.05) is 0 Å². The van der Waals surface area contributed by atoms with Gasteiger partial charge in [-0.15, -0.1) is 11.6 Å². The zero-order chi connectivity index (χ0) is 12.5. The zero-order valence-electron chi connectivity index (χ0n) is 8.14. The number of nitrogens with zero attached hydrogens (tertiary/aromatic N) is 1. The molecule has 0 amide bonds. The van der Waals surface area contributed by atoms with Gasteiger partial charge in [-0.3, -0.25) is 10.1 Å². The fourth-order valence-corrected chi connectivity index (χ4v) is 1.62. The quantitative estimate of drug-likeness (QED) is 0.459. The molecule has 0 heterocycles. The molecule has 7 heteroatoms. The van der Waals surface area contributed by atoms with Crippen molar-refractivity contribution in [3.63, 3.8) is 0 Å². The van der Waals surface area contributed by atoms with Crippen LogP contribution in [0.2, 0.25) is 0 Å². The van der Waals surface area contributed by atoms with E-state index < -0.39 is 28.2 Å². The minimum atomic E-state index is -4.78. The molecule has 0 aliphatic carbocycles. The van der Waals surface area contributed by atoms with Crippen LogP contribution in [-0.4, -0.2) is 4.92 Å². The maximum atomic E-state index is 12.7. The topological polar surface area (TPSA) is 43.1 Å². The van der Waals surface area contributed by atoms with Gasteiger partial charge in [0.2, 0.25) is 0 Å². The lowest BCUT2D eigenvalue weighted by Gasteiger charge is -2.12. The Bertz CT molecular complexity index is 431. The van der Waals surface area contributed by atoms with E-state index >= 15 is 0 Å². The highest BCUT2D eigenvalue weighted by atomic mass is 35.5. The van der Waals surface area contributed by atoms with Crippen LogP contribution in [0.5, 0.6) is 0 Å². The smallest absolute Gasteiger partial charge is 0.258 e. The summed E-state index contributed by atoms with van der Waals surface area (Å²) >= 11 is 5.34. The Morgan fingerprint density at radius 1 is 1.44 bits per heavy atom. The summed E-state index contributed by atoms with van der Waals surface area (Å²) in [5.41, 5.74) is -2.50. The molecular weight excluding hydrogens is 247 g/mol. The van der Waals surface area contributed by atoms with Crippen LogP contribution < -0.4 is 0 Å². The first-order chi connectivity index (χ1) is 7.29. The number of nitro benzene ring substituents is 1. The molecule has 0 N–H and O–H groups in total. The molecule has 0 aliphatic rings. The number of alkyl halides is 4. The molecule has 0 aliphatic heterocycles. The Morgan fingerprint density at radius 3 is 2.38 bits per heavy atom. The summed E-state index contributed by atoms with van der Waals surface area (Å²) < 4.78 is 38.0. The molecule has 1 aromatic carbocycles. The van der Waals surface area contributed by atoms with Gasteiger partial charge >= 0.3 is 6.18 Å². The van der Waals surface area contributed by atoms with Gasteiger partial charge in [0.15, 0.2) is 0 Å². The Kier molecular flexibility index (Phi) is 3.42. The van der Waals surface area contributed by atoms with Crippen LogP contribution in [0.3, 0.4) is 0 Å². The van der Waals surface area contributed by atoms with Crippen molar-refractivity contribution in [3.8, 4) is 0 Å². The molecular formula is C9H7ClF3NO2. The lowest BCUT2D eigenvalue weighted by Crippen LogP contribution is -2.13. The number of hydrogen-bond acceptors (Lipinski definition) is 2. The maximum Gasteiger partial charge on any atom is 0.423 e. The monoisotopic (exact) mass is 253 g/mol. The normalized spacial score (nSPS) is 11.6. The molecule has 0 radical (unpaired) electrons. The first-order valence-electron chi connectivity index (χ1n) is 4.19. The molecule has 0 unspecified atom stereocenters. The number of halogens is 4. The van der Waals surface area contributed by atoms with Crippen molar-refractivity contribution in [2.75, 3.05) is 0 Å². The van der Waals surface area contributed by atoms with E-state index in [9.17, 15) is 23.3 Å². The van der Waals surface area contributed by atoms with Gasteiger partial charge in [0.1, 0.15) is 5.56 Å². The average molecular weight is 254 g/mol. The highest BCUT2D eigenvalue weighted by Gasteiger charge is 2.41. The molecule has 88 valence electrons. The van der Waals surface area contributed by atoms with E-state index in [0.29, 0.717) is 0 Å². The maximum absolute atomic E-state index is 12.7. The van der Waals surface area contributed by atoms with Crippen molar-refractivity contribution in [2.24, 2.45) is 0 Å². The SMILES string of the molecule is Cc1ccc(CCl)c(C(F)(F)F)c1[N+](=O)[O-]. The highest BCUT2D eigenvalue weighted by Crippen LogP contribution is 2.40. The van der Waals surface area contributed by atoms with Crippen LogP contribution in [-0.2, 0) is 12.1 Å². The largest absolute Gasteiger partial charge is 0.423 e. The summed E-state index contributed by atoms with van der Waals surface area (Å²) in [6.07, 6.45) is -4.78. The van der Waals surface area contributed by atoms with E-state index in [1.54, 1.807) is 0 Å². The Balaban J connectivity index is 3.62. The van der Waals surface area contributed by atoms with E-state index in [1.165, 1.54) is 13.0 Å². The van der Waals surface area contributed by atoms with E-state index in [4.69, 9.17) is 11.6 Å². The predicted octanol–water partition coefficient (Wildman–Crippen LogP) is 3.66. The van der Waals surface area contributed by atoms with E-state index in [-0.39, 0.29) is 11.1 Å². The van der Waals surface area contributed by atoms with Crippen LogP contribution in [0.25, 0.3) is 0 Å². The Hall–Kier alpha value is -1.30. The second-order valence-corrected chi connectivity index (χ2v) is 3.42. The van der Waals surface area contributed by atoms with Gasteiger partial charge in [0, 0.05) is 11.4 Å². The first-order valence-corrected chi connectivity index (χ1v) is 4.72. The van der Waals surface area contributed by atoms with E-state index in [2.05, 4.69) is 0 Å². The Labute approximate surface area is 94.0 Å². The summed E-state index contributed by atoms with van der Waals surface area (Å²) in [6, 6.07) is 2.41. The zero-order valence-corrected chi connectivity index (χ0v) is 8.89. The predicted molar refractivity (Wildman–Crippen MR) is 52.4 cm³/mol. The van der Waals surface area contributed by atoms with E-state index in [0.717, 1.165) is 6.07 Å². The number of benzene rings is 1. The first kappa shape index (κ1) is 12.8. The standard InChI is InChI=1S/C9H7ClF3NO2/c1-5-2-3-6(4-10)7(9(11,12)13)8(5)14(15)16/h2-3H,4H2,1H3. The number of aryl methyl sites for hydroxylation is 1. The number of nitro groups is 1. The summed E-state index contributed by atoms with van der Waals surface area (Å²) in [7, 11) is 0. The average Bonchev–Trinajstić information content (AvgIpc) is 2.15. The molecule has 0 bridgehead atoms. The van der Waals surface area contributed by atoms with Crippen molar-refractivity contribution in [3.05, 3.63) is 38.9 Å². The Morgan fingerprint density at radius 2 is 2.00 bits per heavy atom. The summed E-state index contributed by atoms with van der Waals surface area (Å²) in [5, 5.41) is 10.6. The second kappa shape index (κ2) is 4.29. The fourth-order valence-electron chi connectivity index (χ4n) is 1.40. The van der Waals surface area contributed by atoms with Gasteiger partial charge in [-0.25, -0.2) is 0 Å². The van der Waals surface area contributed by atoms with Gasteiger partial charge in [-0.05, 0) is 12.5 Å². The van der Waals surface area contributed by atoms with Gasteiger partial charge in [-0.1, -0.05) is 12.1 Å². The van der Waals surface area contributed by atoms with Crippen molar-refractivity contribution in [1.29, 1.82) is 0 Å². The summed E-state index contributed by atoms with van der Waals surface area (Å²) in [4.78, 5) is 9.59. The number of hydrogen-bond donors (Lipinski definition) is 0. The number of rotatable bonds is 2. The summed E-state index contributed by atoms with van der Waals surface area (Å²) in [6.45, 7) is 1.26. The van der Waals surface area contributed by atoms with Gasteiger partial charge in [0.25, 0.3) is 5.69 Å². The third-order valence-corrected chi connectivity index (χ3v) is 2.36. The van der Waals surface area contributed by atoms with Crippen LogP contribution in [0.15, 0.2) is 12.1 Å². The molecule has 16 heavy (non-hydrogen) atoms. The third-order valence-electron chi connectivity index (χ3n) is 2.08. The molecule has 0 atom stereocenters. The van der Waals surface area contributed by atoms with Gasteiger partial charge in [0.05, 0.1) is 4.92 Å². The molecule has 3 nitrogen and oxygen atoms in total. The second-order valence-electron chi connectivity index (χ2n) is 3.15. The molecule has 1 aromatic rings. The van der Waals surface area contributed by atoms with Crippen LogP contribution >= 0.6 is 11.6 Å². The van der Waals surface area contributed by atoms with Crippen molar-refractivity contribution in [2.45, 2.75) is 19.0 Å². The molecule has 1 rings (SSSR count). The van der Waals surface area contributed by atoms with Gasteiger partial charge < -0.3 is 0 Å². The lowest BCUT2D eigenvalue weighted by molar-refractivity contribution is -0.388. The van der Waals surface area contributed by atoms with Crippen molar-refractivity contribution >= 4 is 17.3 Å². The van der Waals surface area contributed by atoms with Crippen molar-refractivity contribution in [1.82, 2.24) is 0 Å². The minimum Gasteiger partial charge on any atom is -0.258 e. The fraction of sp³-hybridized carbons (Fsp3) is 0.333. The molecule has 0 aromatic heterocycles. The molecule has 0 saturated heterocycles. The molecule has 0 saturated carbocycles. The van der Waals surface area contributed by atoms with Gasteiger partial charge in [-0.2, -0.15) is 13.2 Å². The third kappa shape index (κ3) is 2.27. The lowest BCUT2D eigenvalue weighted by atomic mass is 10.0. The van der Waals surface area contributed by atoms with Crippen LogP contribution in [0, 0.1) is 17.0 Å². The molecule has 0 fully saturated rings. The van der Waals surface area contributed by atoms with Crippen LogP contribution in [0.4, 0.5) is 18.9 Å². The minimum absolute atomic E-state index is 0.0359. The molecule has 0 spiro atoms. The summed E-state index contributed by atoms with van der Waals surface area (Å²) in [5.74, 6) is -0.421. The van der Waals surface area contributed by atoms with Crippen molar-refractivity contribution < 1.29 is 18.1 Å². The highest BCUT2D eigenvalue weighted by molar-refractivity contribution is 6.17.